The van der Waals surface area contributed by atoms with E-state index >= 15 is 0 Å². The van der Waals surface area contributed by atoms with E-state index in [9.17, 15) is 4.79 Å². The Labute approximate surface area is 155 Å². The minimum Gasteiger partial charge on any atom is -0.398 e. The van der Waals surface area contributed by atoms with Crippen LogP contribution in [0.4, 0.5) is 17.2 Å². The minimum absolute atomic E-state index is 0.0756. The molecule has 0 radical (unpaired) electrons. The van der Waals surface area contributed by atoms with Crippen LogP contribution in [0, 0.1) is 0 Å². The number of aromatic amines is 1. The van der Waals surface area contributed by atoms with Crippen molar-refractivity contribution in [2.45, 2.75) is 0 Å². The highest BCUT2D eigenvalue weighted by Crippen LogP contribution is 2.24. The zero-order valence-corrected chi connectivity index (χ0v) is 14.7. The topological polar surface area (TPSA) is 123 Å². The molecule has 0 atom stereocenters. The van der Waals surface area contributed by atoms with Crippen molar-refractivity contribution in [3.8, 4) is 0 Å². The van der Waals surface area contributed by atoms with E-state index in [1.165, 1.54) is 6.20 Å². The van der Waals surface area contributed by atoms with Crippen LogP contribution in [-0.4, -0.2) is 42.1 Å². The van der Waals surface area contributed by atoms with Gasteiger partial charge in [0.15, 0.2) is 0 Å². The first-order valence-corrected chi connectivity index (χ1v) is 8.67. The Morgan fingerprint density at radius 3 is 2.78 bits per heavy atom. The average molecular weight is 364 g/mol. The van der Waals surface area contributed by atoms with Gasteiger partial charge >= 0.3 is 0 Å². The number of aromatic nitrogens is 2. The first kappa shape index (κ1) is 17.0. The Bertz CT molecular complexity index is 1070. The Kier molecular flexibility index (Phi) is 4.47. The third-order valence-electron chi connectivity index (χ3n) is 4.49. The van der Waals surface area contributed by atoms with Gasteiger partial charge in [0.05, 0.1) is 24.4 Å². The van der Waals surface area contributed by atoms with Gasteiger partial charge in [-0.25, -0.2) is 9.98 Å². The molecule has 1 aromatic carbocycles. The third kappa shape index (κ3) is 3.47. The Morgan fingerprint density at radius 2 is 2.00 bits per heavy atom. The van der Waals surface area contributed by atoms with Crippen molar-refractivity contribution in [2.75, 3.05) is 36.9 Å². The van der Waals surface area contributed by atoms with E-state index in [0.29, 0.717) is 18.9 Å². The molecule has 0 amide bonds. The quantitative estimate of drug-likeness (QED) is 0.477. The number of aliphatic imine (C=N–C) groups is 1. The lowest BCUT2D eigenvalue weighted by Crippen LogP contribution is -2.36. The molecule has 0 saturated carbocycles. The second kappa shape index (κ2) is 7.08. The lowest BCUT2D eigenvalue weighted by atomic mass is 10.2. The molecule has 3 heterocycles. The molecule has 27 heavy (non-hydrogen) atoms. The van der Waals surface area contributed by atoms with Gasteiger partial charge in [-0.3, -0.25) is 4.79 Å². The predicted molar refractivity (Wildman–Crippen MR) is 107 cm³/mol. The van der Waals surface area contributed by atoms with Gasteiger partial charge in [0, 0.05) is 30.4 Å². The molecule has 5 N–H and O–H groups in total. The molecule has 1 aliphatic rings. The zero-order chi connectivity index (χ0) is 18.8. The lowest BCUT2D eigenvalue weighted by molar-refractivity contribution is 0.122. The SMILES string of the molecule is NC(=Nc1ccc2nc(N3CCOCC3)ccc2c1)c1c(N)cc[nH]c1=O. The van der Waals surface area contributed by atoms with Crippen LogP contribution >= 0.6 is 0 Å². The van der Waals surface area contributed by atoms with Crippen molar-refractivity contribution in [3.05, 3.63) is 58.5 Å². The molecule has 0 spiro atoms. The highest BCUT2D eigenvalue weighted by atomic mass is 16.5. The summed E-state index contributed by atoms with van der Waals surface area (Å²) in [5.74, 6) is 1.01. The number of pyridine rings is 2. The van der Waals surface area contributed by atoms with E-state index < -0.39 is 0 Å². The molecule has 4 rings (SSSR count). The smallest absolute Gasteiger partial charge is 0.261 e. The molecule has 8 heteroatoms. The van der Waals surface area contributed by atoms with Crippen molar-refractivity contribution in [1.82, 2.24) is 9.97 Å². The van der Waals surface area contributed by atoms with Gasteiger partial charge in [0.2, 0.25) is 0 Å². The number of nitrogen functional groups attached to an aromatic ring is 1. The number of fused-ring (bicyclic) bond motifs is 1. The predicted octanol–water partition coefficient (Wildman–Crippen LogP) is 1.38. The van der Waals surface area contributed by atoms with E-state index in [-0.39, 0.29) is 22.6 Å². The number of hydrogen-bond acceptors (Lipinski definition) is 6. The Balaban J connectivity index is 1.66. The normalized spacial score (nSPS) is 15.3. The standard InChI is InChI=1S/C19H20N6O2/c20-14-5-6-22-19(26)17(14)18(21)23-13-2-3-15-12(11-13)1-4-16(24-15)25-7-9-27-10-8-25/h1-6,11H,7-10H2,(H2,21,23)(H3,20,22,26). The molecule has 8 nitrogen and oxygen atoms in total. The number of ether oxygens (including phenoxy) is 1. The van der Waals surface area contributed by atoms with Gasteiger partial charge in [-0.2, -0.15) is 0 Å². The maximum atomic E-state index is 12.0. The van der Waals surface area contributed by atoms with Crippen LogP contribution in [0.1, 0.15) is 5.56 Å². The largest absolute Gasteiger partial charge is 0.398 e. The first-order chi connectivity index (χ1) is 13.1. The molecule has 1 saturated heterocycles. The second-order valence-electron chi connectivity index (χ2n) is 6.28. The maximum absolute atomic E-state index is 12.0. The molecule has 1 aliphatic heterocycles. The number of rotatable bonds is 3. The van der Waals surface area contributed by atoms with Gasteiger partial charge in [0.1, 0.15) is 17.2 Å². The highest BCUT2D eigenvalue weighted by Gasteiger charge is 2.13. The van der Waals surface area contributed by atoms with Crippen LogP contribution in [0.2, 0.25) is 0 Å². The molecular formula is C19H20N6O2. The lowest BCUT2D eigenvalue weighted by Gasteiger charge is -2.27. The molecule has 138 valence electrons. The van der Waals surface area contributed by atoms with Crippen LogP contribution in [0.15, 0.2) is 52.4 Å². The average Bonchev–Trinajstić information content (AvgIpc) is 2.68. The van der Waals surface area contributed by atoms with Crippen molar-refractivity contribution in [1.29, 1.82) is 0 Å². The Morgan fingerprint density at radius 1 is 1.19 bits per heavy atom. The van der Waals surface area contributed by atoms with Gasteiger partial charge in [0.25, 0.3) is 5.56 Å². The number of nitrogens with zero attached hydrogens (tertiary/aromatic N) is 3. The molecule has 3 aromatic rings. The summed E-state index contributed by atoms with van der Waals surface area (Å²) in [6.07, 6.45) is 1.47. The minimum atomic E-state index is -0.367. The van der Waals surface area contributed by atoms with Crippen LogP contribution < -0.4 is 21.9 Å². The van der Waals surface area contributed by atoms with Crippen LogP contribution in [0.5, 0.6) is 0 Å². The van der Waals surface area contributed by atoms with Crippen LogP contribution in [0.3, 0.4) is 0 Å². The molecular weight excluding hydrogens is 344 g/mol. The molecule has 2 aromatic heterocycles. The van der Waals surface area contributed by atoms with E-state index in [0.717, 1.165) is 29.8 Å². The summed E-state index contributed by atoms with van der Waals surface area (Å²) < 4.78 is 5.39. The highest BCUT2D eigenvalue weighted by molar-refractivity contribution is 6.03. The van der Waals surface area contributed by atoms with E-state index in [1.54, 1.807) is 6.07 Å². The summed E-state index contributed by atoms with van der Waals surface area (Å²) in [6.45, 7) is 3.11. The van der Waals surface area contributed by atoms with Gasteiger partial charge in [-0.15, -0.1) is 0 Å². The van der Waals surface area contributed by atoms with Gasteiger partial charge in [-0.1, -0.05) is 0 Å². The van der Waals surface area contributed by atoms with E-state index in [2.05, 4.69) is 14.9 Å². The number of nitrogens with one attached hydrogen (secondary N) is 1. The van der Waals surface area contributed by atoms with Gasteiger partial charge in [-0.05, 0) is 36.4 Å². The first-order valence-electron chi connectivity index (χ1n) is 8.67. The number of hydrogen-bond donors (Lipinski definition) is 3. The summed E-state index contributed by atoms with van der Waals surface area (Å²) in [5.41, 5.74) is 13.5. The summed E-state index contributed by atoms with van der Waals surface area (Å²) in [6, 6.07) is 11.2. The number of benzene rings is 1. The number of nitrogens with two attached hydrogens (primary N) is 2. The fraction of sp³-hybridized carbons (Fsp3) is 0.211. The maximum Gasteiger partial charge on any atom is 0.261 e. The number of amidine groups is 1. The van der Waals surface area contributed by atoms with Crippen molar-refractivity contribution in [2.24, 2.45) is 10.7 Å². The van der Waals surface area contributed by atoms with E-state index in [4.69, 9.17) is 21.2 Å². The number of H-pyrrole nitrogens is 1. The third-order valence-corrected chi connectivity index (χ3v) is 4.49. The van der Waals surface area contributed by atoms with Gasteiger partial charge < -0.3 is 26.1 Å². The molecule has 0 bridgehead atoms. The Hall–Kier alpha value is -3.39. The van der Waals surface area contributed by atoms with Crippen molar-refractivity contribution in [3.63, 3.8) is 0 Å². The summed E-state index contributed by atoms with van der Waals surface area (Å²) in [5, 5.41) is 0.941. The summed E-state index contributed by atoms with van der Waals surface area (Å²) in [4.78, 5) is 25.8. The summed E-state index contributed by atoms with van der Waals surface area (Å²) >= 11 is 0. The molecule has 0 unspecified atom stereocenters. The van der Waals surface area contributed by atoms with Crippen LogP contribution in [-0.2, 0) is 4.74 Å². The van der Waals surface area contributed by atoms with Crippen molar-refractivity contribution >= 4 is 33.9 Å². The fourth-order valence-electron chi connectivity index (χ4n) is 3.09. The number of morpholine rings is 1. The monoisotopic (exact) mass is 364 g/mol. The van der Waals surface area contributed by atoms with Crippen LogP contribution in [0.25, 0.3) is 10.9 Å². The zero-order valence-electron chi connectivity index (χ0n) is 14.7. The fourth-order valence-corrected chi connectivity index (χ4v) is 3.09. The van der Waals surface area contributed by atoms with E-state index in [1.807, 2.05) is 30.3 Å². The molecule has 0 aliphatic carbocycles. The number of anilines is 2. The summed E-state index contributed by atoms with van der Waals surface area (Å²) in [7, 11) is 0. The molecule has 1 fully saturated rings. The second-order valence-corrected chi connectivity index (χ2v) is 6.28. The van der Waals surface area contributed by atoms with Crippen molar-refractivity contribution < 1.29 is 4.74 Å².